The molecule has 0 aromatic heterocycles. The van der Waals surface area contributed by atoms with Crippen LogP contribution in [0, 0.1) is 0 Å². The van der Waals surface area contributed by atoms with E-state index in [9.17, 15) is 0 Å². The van der Waals surface area contributed by atoms with E-state index in [1.165, 1.54) is 6.38 Å². The molecule has 0 atom stereocenters. The second kappa shape index (κ2) is 34.3. The summed E-state index contributed by atoms with van der Waals surface area (Å²) in [5, 5.41) is 0. The predicted octanol–water partition coefficient (Wildman–Crippen LogP) is 2.43. The van der Waals surface area contributed by atoms with Crippen LogP contribution in [0.3, 0.4) is 0 Å². The molecular weight excluding hydrogens is 242 g/mol. The molecule has 0 aromatic rings. The molecule has 0 aliphatic heterocycles. The number of hydrogen-bond acceptors (Lipinski definition) is 1. The van der Waals surface area contributed by atoms with Gasteiger partial charge in [-0.3, -0.25) is 0 Å². The van der Waals surface area contributed by atoms with Crippen LogP contribution in [0.4, 0.5) is 0 Å². The van der Waals surface area contributed by atoms with Crippen molar-refractivity contribution >= 4 is 11.6 Å². The average molecular weight is 256 g/mol. The third-order valence-corrected chi connectivity index (χ3v) is 0.496. The number of rotatable bonds is 1. The van der Waals surface area contributed by atoms with Gasteiger partial charge in [-0.15, -0.1) is 11.6 Å². The molecule has 1 nitrogen and oxygen atoms in total. The van der Waals surface area contributed by atoms with E-state index in [0.29, 0.717) is 0 Å². The van der Waals surface area contributed by atoms with Gasteiger partial charge < -0.3 is 0 Å². The minimum atomic E-state index is 1.47. The molecule has 0 aliphatic carbocycles. The summed E-state index contributed by atoms with van der Waals surface area (Å²) >= 11 is 6.39. The Bertz CT molecular complexity index is 62.0. The fourth-order valence-corrected chi connectivity index (χ4v) is 0.222. The molecule has 0 aliphatic rings. The molecule has 0 amide bonds. The zero-order valence-electron chi connectivity index (χ0n) is 6.45. The second-order valence-electron chi connectivity index (χ2n) is 1.05. The molecule has 3 heteroatoms. The fourth-order valence-electron chi connectivity index (χ4n) is 0.222. The van der Waals surface area contributed by atoms with Crippen LogP contribution in [0.1, 0.15) is 13.8 Å². The average Bonchev–Trinajstić information content (AvgIpc) is 2.08. The SMILES string of the molecule is CC=CC=CC.CCl.[OH][Pd]. The third-order valence-electron chi connectivity index (χ3n) is 0.496. The molecule has 0 heterocycles. The number of alkyl halides is 1. The first-order chi connectivity index (χ1) is 4.91. The van der Waals surface area contributed by atoms with Gasteiger partial charge in [0.25, 0.3) is 0 Å². The Balaban J connectivity index is -0.000000105. The summed E-state index contributed by atoms with van der Waals surface area (Å²) in [5.74, 6) is 0. The van der Waals surface area contributed by atoms with Gasteiger partial charge in [0.2, 0.25) is 0 Å². The first kappa shape index (κ1) is 16.8. The van der Waals surface area contributed by atoms with Crippen LogP contribution in [0.5, 0.6) is 0 Å². The summed E-state index contributed by atoms with van der Waals surface area (Å²) in [7, 11) is 0. The monoisotopic (exact) mass is 255 g/mol. The maximum absolute atomic E-state index is 6.85. The molecule has 0 aromatic carbocycles. The number of halogens is 1. The maximum atomic E-state index is 6.85. The van der Waals surface area contributed by atoms with Crippen LogP contribution in [0.2, 0.25) is 0 Å². The van der Waals surface area contributed by atoms with Gasteiger partial charge in [0.1, 0.15) is 0 Å². The van der Waals surface area contributed by atoms with Gasteiger partial charge in [0.15, 0.2) is 0 Å². The van der Waals surface area contributed by atoms with Gasteiger partial charge >= 0.3 is 23.4 Å². The molecule has 0 saturated carbocycles. The summed E-state index contributed by atoms with van der Waals surface area (Å²) in [6.45, 7) is 4.00. The molecule has 0 spiro atoms. The summed E-state index contributed by atoms with van der Waals surface area (Å²) in [5.41, 5.74) is 0. The van der Waals surface area contributed by atoms with Crippen molar-refractivity contribution in [2.24, 2.45) is 0 Å². The van der Waals surface area contributed by atoms with Crippen molar-refractivity contribution in [3.8, 4) is 0 Å². The van der Waals surface area contributed by atoms with E-state index in [4.69, 9.17) is 3.83 Å². The molecular formula is C7H14ClOPd. The molecule has 10 heavy (non-hydrogen) atoms. The second-order valence-corrected chi connectivity index (χ2v) is 1.05. The van der Waals surface area contributed by atoms with E-state index in [0.717, 1.165) is 0 Å². The molecule has 0 radical (unpaired) electrons. The van der Waals surface area contributed by atoms with Crippen LogP contribution >= 0.6 is 11.6 Å². The Morgan fingerprint density at radius 3 is 1.30 bits per heavy atom. The van der Waals surface area contributed by atoms with Gasteiger partial charge in [-0.05, 0) is 13.8 Å². The van der Waals surface area contributed by atoms with Crippen LogP contribution in [-0.2, 0) is 19.6 Å². The summed E-state index contributed by atoms with van der Waals surface area (Å²) in [4.78, 5) is 0. The number of hydrogen-bond donors (Lipinski definition) is 1. The van der Waals surface area contributed by atoms with Crippen LogP contribution in [0.15, 0.2) is 24.3 Å². The summed E-state index contributed by atoms with van der Waals surface area (Å²) < 4.78 is 6.85. The van der Waals surface area contributed by atoms with Gasteiger partial charge in [0, 0.05) is 6.38 Å². The van der Waals surface area contributed by atoms with Gasteiger partial charge in [0.05, 0.1) is 0 Å². The van der Waals surface area contributed by atoms with Crippen molar-refractivity contribution < 1.29 is 23.4 Å². The topological polar surface area (TPSA) is 20.2 Å². The van der Waals surface area contributed by atoms with Crippen molar-refractivity contribution in [2.45, 2.75) is 13.8 Å². The molecule has 0 rings (SSSR count). The molecule has 0 bridgehead atoms. The predicted molar refractivity (Wildman–Crippen MR) is 43.6 cm³/mol. The standard InChI is InChI=1S/C6H10.CH3Cl.H2O.Pd/c1-3-5-6-4-2;1-2;;/h3-6H,1-2H3;1H3;1H2;/q;;;+1/p-1. The third kappa shape index (κ3) is 39.9. The van der Waals surface area contributed by atoms with Gasteiger partial charge in [-0.1, -0.05) is 24.3 Å². The van der Waals surface area contributed by atoms with E-state index < -0.39 is 0 Å². The van der Waals surface area contributed by atoms with Crippen molar-refractivity contribution in [3.05, 3.63) is 24.3 Å². The van der Waals surface area contributed by atoms with E-state index >= 15 is 0 Å². The Morgan fingerprint density at radius 1 is 1.00 bits per heavy atom. The molecule has 0 saturated heterocycles. The molecule has 0 unspecified atom stereocenters. The van der Waals surface area contributed by atoms with E-state index in [-0.39, 0.29) is 0 Å². The van der Waals surface area contributed by atoms with E-state index in [2.05, 4.69) is 11.6 Å². The molecule has 1 N–H and O–H groups in total. The van der Waals surface area contributed by atoms with E-state index in [1.807, 2.05) is 38.2 Å². The first-order valence-corrected chi connectivity index (χ1v) is 4.13. The van der Waals surface area contributed by atoms with Gasteiger partial charge in [-0.2, -0.15) is 0 Å². The Morgan fingerprint density at radius 2 is 1.20 bits per heavy atom. The normalized spacial score (nSPS) is 8.30. The van der Waals surface area contributed by atoms with E-state index in [1.54, 1.807) is 19.6 Å². The van der Waals surface area contributed by atoms with Crippen molar-refractivity contribution in [1.29, 1.82) is 0 Å². The minimum absolute atomic E-state index is 1.47. The van der Waals surface area contributed by atoms with Crippen molar-refractivity contribution in [2.75, 3.05) is 6.38 Å². The zero-order valence-corrected chi connectivity index (χ0v) is 8.76. The van der Waals surface area contributed by atoms with Gasteiger partial charge in [-0.25, -0.2) is 0 Å². The van der Waals surface area contributed by atoms with Crippen molar-refractivity contribution in [3.63, 3.8) is 0 Å². The fraction of sp³-hybridized carbons (Fsp3) is 0.429. The first-order valence-electron chi connectivity index (χ1n) is 2.67. The zero-order chi connectivity index (χ0) is 8.83. The van der Waals surface area contributed by atoms with Crippen LogP contribution in [0.25, 0.3) is 0 Å². The number of allylic oxidation sites excluding steroid dienone is 4. The van der Waals surface area contributed by atoms with Crippen LogP contribution < -0.4 is 0 Å². The quantitative estimate of drug-likeness (QED) is 0.434. The Kier molecular flexibility index (Phi) is 57.5. The summed E-state index contributed by atoms with van der Waals surface area (Å²) in [6, 6.07) is 0. The molecule has 0 fully saturated rings. The van der Waals surface area contributed by atoms with Crippen molar-refractivity contribution in [1.82, 2.24) is 0 Å². The summed E-state index contributed by atoms with van der Waals surface area (Å²) in [6.07, 6.45) is 9.47. The van der Waals surface area contributed by atoms with Crippen LogP contribution in [-0.4, -0.2) is 10.2 Å². The Labute approximate surface area is 79.6 Å². The Hall–Kier alpha value is 0.392. The molecule has 65 valence electrons.